The van der Waals surface area contributed by atoms with Crippen molar-refractivity contribution in [2.24, 2.45) is 0 Å². The molecule has 0 radical (unpaired) electrons. The molecule has 0 aromatic carbocycles. The standard InChI is InChI=1S/C18H25F3N2O5/c1-3-4-5-6-7-8-9-14-22-15(28-23-14)10-12(2)17(26)27-13(11-16(24)25)18(19,20)21/h13H,2-11H2,1H3,(H,24,25)/t13-/m1/s1. The molecular formula is C18H25F3N2O5. The van der Waals surface area contributed by atoms with Gasteiger partial charge < -0.3 is 14.4 Å². The summed E-state index contributed by atoms with van der Waals surface area (Å²) in [6.07, 6.45) is -2.23. The van der Waals surface area contributed by atoms with Gasteiger partial charge in [0.05, 0.1) is 12.8 Å². The Balaban J connectivity index is 2.48. The number of rotatable bonds is 13. The molecule has 28 heavy (non-hydrogen) atoms. The van der Waals surface area contributed by atoms with Gasteiger partial charge in [-0.3, -0.25) is 4.79 Å². The van der Waals surface area contributed by atoms with Crippen LogP contribution in [0.5, 0.6) is 0 Å². The number of halogens is 3. The van der Waals surface area contributed by atoms with E-state index in [1.807, 2.05) is 0 Å². The van der Waals surface area contributed by atoms with Crippen molar-refractivity contribution in [3.05, 3.63) is 23.9 Å². The maximum atomic E-state index is 12.7. The van der Waals surface area contributed by atoms with Gasteiger partial charge in [-0.15, -0.1) is 0 Å². The molecule has 0 saturated carbocycles. The van der Waals surface area contributed by atoms with Gasteiger partial charge >= 0.3 is 18.1 Å². The predicted molar refractivity (Wildman–Crippen MR) is 92.4 cm³/mol. The van der Waals surface area contributed by atoms with E-state index in [1.54, 1.807) is 0 Å². The maximum Gasteiger partial charge on any atom is 0.426 e. The Kier molecular flexibility index (Phi) is 9.67. The van der Waals surface area contributed by atoms with Crippen LogP contribution < -0.4 is 0 Å². The fraction of sp³-hybridized carbons (Fsp3) is 0.667. The van der Waals surface area contributed by atoms with E-state index in [0.29, 0.717) is 12.2 Å². The molecule has 158 valence electrons. The molecule has 0 amide bonds. The zero-order valence-corrected chi connectivity index (χ0v) is 15.8. The van der Waals surface area contributed by atoms with Crippen molar-refractivity contribution >= 4 is 11.9 Å². The Bertz CT molecular complexity index is 658. The van der Waals surface area contributed by atoms with Gasteiger partial charge in [-0.05, 0) is 6.42 Å². The van der Waals surface area contributed by atoms with E-state index < -0.39 is 30.6 Å². The largest absolute Gasteiger partial charge is 0.481 e. The quantitative estimate of drug-likeness (QED) is 0.300. The van der Waals surface area contributed by atoms with Crippen molar-refractivity contribution in [1.82, 2.24) is 10.1 Å². The maximum absolute atomic E-state index is 12.7. The first kappa shape index (κ1) is 23.6. The third-order valence-corrected chi connectivity index (χ3v) is 3.89. The summed E-state index contributed by atoms with van der Waals surface area (Å²) in [7, 11) is 0. The van der Waals surface area contributed by atoms with Gasteiger partial charge in [-0.2, -0.15) is 18.2 Å². The van der Waals surface area contributed by atoms with Gasteiger partial charge in [0.2, 0.25) is 12.0 Å². The van der Waals surface area contributed by atoms with Crippen molar-refractivity contribution in [1.29, 1.82) is 0 Å². The number of ether oxygens (including phenoxy) is 1. The molecular weight excluding hydrogens is 381 g/mol. The van der Waals surface area contributed by atoms with Crippen molar-refractivity contribution in [3.63, 3.8) is 0 Å². The van der Waals surface area contributed by atoms with Crippen LogP contribution in [0.3, 0.4) is 0 Å². The van der Waals surface area contributed by atoms with Crippen LogP contribution in [0.4, 0.5) is 13.2 Å². The summed E-state index contributed by atoms with van der Waals surface area (Å²) in [5.41, 5.74) is -0.339. The summed E-state index contributed by atoms with van der Waals surface area (Å²) in [6, 6.07) is 0. The number of carboxylic acids is 1. The predicted octanol–water partition coefficient (Wildman–Crippen LogP) is 4.02. The summed E-state index contributed by atoms with van der Waals surface area (Å²) >= 11 is 0. The average Bonchev–Trinajstić information content (AvgIpc) is 3.03. The molecule has 1 aromatic heterocycles. The fourth-order valence-electron chi connectivity index (χ4n) is 2.38. The SMILES string of the molecule is C=C(Cc1nc(CCCCCCCC)no1)C(=O)O[C@H](CC(=O)O)C(F)(F)F. The van der Waals surface area contributed by atoms with Crippen molar-refractivity contribution in [3.8, 4) is 0 Å². The van der Waals surface area contributed by atoms with E-state index in [4.69, 9.17) is 9.63 Å². The molecule has 0 aliphatic heterocycles. The number of aromatic nitrogens is 2. The number of esters is 1. The van der Waals surface area contributed by atoms with Crippen LogP contribution in [0, 0.1) is 0 Å². The topological polar surface area (TPSA) is 103 Å². The lowest BCUT2D eigenvalue weighted by Gasteiger charge is -2.19. The average molecular weight is 406 g/mol. The molecule has 1 aromatic rings. The first-order valence-electron chi connectivity index (χ1n) is 9.12. The van der Waals surface area contributed by atoms with E-state index in [0.717, 1.165) is 19.3 Å². The molecule has 1 rings (SSSR count). The Labute approximate surface area is 160 Å². The van der Waals surface area contributed by atoms with E-state index >= 15 is 0 Å². The zero-order valence-electron chi connectivity index (χ0n) is 15.8. The molecule has 7 nitrogen and oxygen atoms in total. The Morgan fingerprint density at radius 1 is 1.21 bits per heavy atom. The number of unbranched alkanes of at least 4 members (excludes halogenated alkanes) is 5. The first-order chi connectivity index (χ1) is 13.1. The van der Waals surface area contributed by atoms with Crippen LogP contribution in [-0.2, 0) is 27.2 Å². The summed E-state index contributed by atoms with van der Waals surface area (Å²) in [5.74, 6) is -2.62. The number of aliphatic carboxylic acids is 1. The number of alkyl halides is 3. The number of carbonyl (C=O) groups is 2. The smallest absolute Gasteiger partial charge is 0.426 e. The molecule has 1 atom stereocenters. The van der Waals surface area contributed by atoms with Gasteiger partial charge in [-0.1, -0.05) is 50.8 Å². The lowest BCUT2D eigenvalue weighted by molar-refractivity contribution is -0.222. The van der Waals surface area contributed by atoms with E-state index in [9.17, 15) is 22.8 Å². The minimum Gasteiger partial charge on any atom is -0.481 e. The molecule has 0 spiro atoms. The minimum absolute atomic E-state index is 0.0322. The highest BCUT2D eigenvalue weighted by Gasteiger charge is 2.44. The van der Waals surface area contributed by atoms with Gasteiger partial charge in [0.25, 0.3) is 0 Å². The van der Waals surface area contributed by atoms with Crippen LogP contribution in [0.15, 0.2) is 16.7 Å². The Morgan fingerprint density at radius 2 is 1.86 bits per heavy atom. The number of nitrogens with zero attached hydrogens (tertiary/aromatic N) is 2. The molecule has 0 fully saturated rings. The van der Waals surface area contributed by atoms with Gasteiger partial charge in [0, 0.05) is 12.0 Å². The van der Waals surface area contributed by atoms with Crippen LogP contribution in [0.2, 0.25) is 0 Å². The normalized spacial score (nSPS) is 12.6. The van der Waals surface area contributed by atoms with Crippen molar-refractivity contribution in [2.45, 2.75) is 77.0 Å². The second-order valence-corrected chi connectivity index (χ2v) is 6.44. The summed E-state index contributed by atoms with van der Waals surface area (Å²) in [6.45, 7) is 5.50. The summed E-state index contributed by atoms with van der Waals surface area (Å²) in [5, 5.41) is 12.3. The highest BCUT2D eigenvalue weighted by Crippen LogP contribution is 2.26. The number of carbonyl (C=O) groups excluding carboxylic acids is 1. The monoisotopic (exact) mass is 406 g/mol. The fourth-order valence-corrected chi connectivity index (χ4v) is 2.38. The van der Waals surface area contributed by atoms with Gasteiger partial charge in [0.1, 0.15) is 0 Å². The van der Waals surface area contributed by atoms with Crippen LogP contribution in [0.25, 0.3) is 0 Å². The molecule has 0 aliphatic rings. The molecule has 0 unspecified atom stereocenters. The van der Waals surface area contributed by atoms with Crippen LogP contribution >= 0.6 is 0 Å². The number of aryl methyl sites for hydroxylation is 1. The van der Waals surface area contributed by atoms with E-state index in [1.165, 1.54) is 19.3 Å². The second kappa shape index (κ2) is 11.5. The molecule has 0 saturated heterocycles. The third-order valence-electron chi connectivity index (χ3n) is 3.89. The summed E-state index contributed by atoms with van der Waals surface area (Å²) in [4.78, 5) is 26.4. The van der Waals surface area contributed by atoms with Gasteiger partial charge in [0.15, 0.2) is 5.82 Å². The Hall–Kier alpha value is -2.39. The summed E-state index contributed by atoms with van der Waals surface area (Å²) < 4.78 is 47.4. The third kappa shape index (κ3) is 9.01. The van der Waals surface area contributed by atoms with Gasteiger partial charge in [-0.25, -0.2) is 4.79 Å². The van der Waals surface area contributed by atoms with E-state index in [-0.39, 0.29) is 17.9 Å². The lowest BCUT2D eigenvalue weighted by atomic mass is 10.1. The second-order valence-electron chi connectivity index (χ2n) is 6.44. The molecule has 1 heterocycles. The molecule has 0 aliphatic carbocycles. The van der Waals surface area contributed by atoms with Crippen LogP contribution in [0.1, 0.15) is 63.6 Å². The first-order valence-corrected chi connectivity index (χ1v) is 9.12. The van der Waals surface area contributed by atoms with Crippen LogP contribution in [-0.4, -0.2) is 39.5 Å². The highest BCUT2D eigenvalue weighted by atomic mass is 19.4. The minimum atomic E-state index is -5.00. The highest BCUT2D eigenvalue weighted by molar-refractivity contribution is 5.88. The zero-order chi connectivity index (χ0) is 21.2. The number of hydrogen-bond acceptors (Lipinski definition) is 6. The Morgan fingerprint density at radius 3 is 2.46 bits per heavy atom. The molecule has 10 heteroatoms. The van der Waals surface area contributed by atoms with Crippen molar-refractivity contribution in [2.75, 3.05) is 0 Å². The molecule has 0 bridgehead atoms. The lowest BCUT2D eigenvalue weighted by Crippen LogP contribution is -2.36. The number of carboxylic acid groups (broad SMARTS) is 1. The van der Waals surface area contributed by atoms with E-state index in [2.05, 4.69) is 28.4 Å². The molecule has 1 N–H and O–H groups in total. The number of hydrogen-bond donors (Lipinski definition) is 1. The van der Waals surface area contributed by atoms with Crippen molar-refractivity contribution < 1.29 is 37.1 Å².